The summed E-state index contributed by atoms with van der Waals surface area (Å²) in [5.74, 6) is -0.565. The molecule has 0 aromatic rings. The molecule has 1 N–H and O–H groups in total. The SMILES string of the molecule is [2H]C1C([2H])([2H])C(=C)N([2H])C(=O)C1(C)C(C)(C)C. The van der Waals surface area contributed by atoms with Crippen LogP contribution in [-0.2, 0) is 4.79 Å². The van der Waals surface area contributed by atoms with Gasteiger partial charge < -0.3 is 5.31 Å². The first-order valence-electron chi connectivity index (χ1n) is 6.36. The Balaban J connectivity index is 3.43. The van der Waals surface area contributed by atoms with Crippen molar-refractivity contribution in [2.75, 3.05) is 0 Å². The number of carbonyl (C=O) groups excluding carboxylic acids is 1. The summed E-state index contributed by atoms with van der Waals surface area (Å²) >= 11 is 0. The molecule has 1 aliphatic rings. The molecular formula is C11H19NO. The van der Waals surface area contributed by atoms with Crippen molar-refractivity contribution in [1.82, 2.24) is 5.31 Å². The molecule has 74 valence electrons. The third-order valence-corrected chi connectivity index (χ3v) is 2.77. The molecular weight excluding hydrogens is 162 g/mol. The number of hydrogen-bond acceptors (Lipinski definition) is 1. The van der Waals surface area contributed by atoms with Crippen molar-refractivity contribution in [3.63, 3.8) is 0 Å². The van der Waals surface area contributed by atoms with Crippen molar-refractivity contribution in [3.8, 4) is 0 Å². The van der Waals surface area contributed by atoms with Gasteiger partial charge in [0.15, 0.2) is 1.41 Å². The van der Waals surface area contributed by atoms with E-state index in [0.29, 0.717) is 5.31 Å². The molecule has 0 aromatic carbocycles. The first-order chi connectivity index (χ1) is 7.38. The van der Waals surface area contributed by atoms with Crippen molar-refractivity contribution in [2.45, 2.75) is 40.5 Å². The van der Waals surface area contributed by atoms with Crippen molar-refractivity contribution in [1.29, 1.82) is 0 Å². The lowest BCUT2D eigenvalue weighted by Crippen LogP contribution is -2.49. The molecule has 1 saturated heterocycles. The van der Waals surface area contributed by atoms with Gasteiger partial charge >= 0.3 is 0 Å². The van der Waals surface area contributed by atoms with E-state index in [9.17, 15) is 4.79 Å². The van der Waals surface area contributed by atoms with Crippen molar-refractivity contribution in [3.05, 3.63) is 12.3 Å². The molecule has 2 unspecified atom stereocenters. The van der Waals surface area contributed by atoms with Crippen LogP contribution >= 0.6 is 0 Å². The fourth-order valence-electron chi connectivity index (χ4n) is 1.10. The Kier molecular flexibility index (Phi) is 1.29. The van der Waals surface area contributed by atoms with E-state index in [1.165, 1.54) is 0 Å². The normalized spacial score (nSPS) is 44.9. The zero-order valence-corrected chi connectivity index (χ0v) is 8.64. The van der Waals surface area contributed by atoms with E-state index in [4.69, 9.17) is 5.52 Å². The Hall–Kier alpha value is -0.790. The smallest absolute Gasteiger partial charge is 0.230 e. The molecule has 0 saturated carbocycles. The summed E-state index contributed by atoms with van der Waals surface area (Å²) in [5.41, 5.74) is -2.12. The number of hydrogen-bond donors (Lipinski definition) is 1. The van der Waals surface area contributed by atoms with Gasteiger partial charge in [0.2, 0.25) is 5.91 Å². The summed E-state index contributed by atoms with van der Waals surface area (Å²) in [7, 11) is 0. The predicted octanol–water partition coefficient (Wildman–Crippen LogP) is 2.46. The van der Waals surface area contributed by atoms with Gasteiger partial charge in [-0.1, -0.05) is 34.3 Å². The Bertz CT molecular complexity index is 374. The lowest BCUT2D eigenvalue weighted by atomic mass is 9.63. The van der Waals surface area contributed by atoms with Gasteiger partial charge in [-0.2, -0.15) is 0 Å². The van der Waals surface area contributed by atoms with Crippen LogP contribution in [0.5, 0.6) is 0 Å². The van der Waals surface area contributed by atoms with Crippen molar-refractivity contribution >= 4 is 5.91 Å². The molecule has 1 aliphatic heterocycles. The van der Waals surface area contributed by atoms with Crippen LogP contribution in [0.2, 0.25) is 1.41 Å². The summed E-state index contributed by atoms with van der Waals surface area (Å²) in [6.45, 7) is 10.3. The fourth-order valence-corrected chi connectivity index (χ4v) is 1.10. The third-order valence-electron chi connectivity index (χ3n) is 2.77. The molecule has 1 heterocycles. The molecule has 2 atom stereocenters. The monoisotopic (exact) mass is 185 g/mol. The highest BCUT2D eigenvalue weighted by Crippen LogP contribution is 2.44. The van der Waals surface area contributed by atoms with Crippen molar-refractivity contribution < 1.29 is 10.3 Å². The maximum absolute atomic E-state index is 12.2. The van der Waals surface area contributed by atoms with Crippen LogP contribution in [0.4, 0.5) is 0 Å². The Morgan fingerprint density at radius 1 is 1.69 bits per heavy atom. The summed E-state index contributed by atoms with van der Waals surface area (Å²) in [5, 5.41) is 0.510. The van der Waals surface area contributed by atoms with Crippen LogP contribution in [-0.4, -0.2) is 5.91 Å². The minimum absolute atomic E-state index is 0.260. The van der Waals surface area contributed by atoms with Gasteiger partial charge in [0.05, 0.1) is 5.41 Å². The minimum Gasteiger partial charge on any atom is -0.330 e. The van der Waals surface area contributed by atoms with Gasteiger partial charge in [0.25, 0.3) is 0 Å². The van der Waals surface area contributed by atoms with Gasteiger partial charge in [-0.15, -0.1) is 0 Å². The predicted molar refractivity (Wildman–Crippen MR) is 54.1 cm³/mol. The van der Waals surface area contributed by atoms with Crippen LogP contribution < -0.4 is 5.31 Å². The van der Waals surface area contributed by atoms with Crippen LogP contribution in [0.15, 0.2) is 12.3 Å². The maximum atomic E-state index is 12.2. The highest BCUT2D eigenvalue weighted by molar-refractivity contribution is 5.85. The van der Waals surface area contributed by atoms with Gasteiger partial charge in [-0.25, -0.2) is 0 Å². The highest BCUT2D eigenvalue weighted by atomic mass is 16.2. The maximum Gasteiger partial charge on any atom is 0.230 e. The average Bonchev–Trinajstić information content (AvgIpc) is 2.20. The van der Waals surface area contributed by atoms with E-state index < -0.39 is 29.5 Å². The van der Waals surface area contributed by atoms with E-state index >= 15 is 0 Å². The topological polar surface area (TPSA) is 29.1 Å². The molecule has 2 heteroatoms. The number of nitrogens with one attached hydrogen (secondary N) is 1. The van der Waals surface area contributed by atoms with Crippen molar-refractivity contribution in [2.24, 2.45) is 10.8 Å². The molecule has 1 amide bonds. The first-order valence-corrected chi connectivity index (χ1v) is 4.33. The van der Waals surface area contributed by atoms with E-state index in [0.717, 1.165) is 0 Å². The molecule has 1 fully saturated rings. The third kappa shape index (κ3) is 1.62. The molecule has 0 aromatic heterocycles. The van der Waals surface area contributed by atoms with E-state index in [1.807, 2.05) is 0 Å². The van der Waals surface area contributed by atoms with Crippen LogP contribution in [0.3, 0.4) is 0 Å². The lowest BCUT2D eigenvalue weighted by Gasteiger charge is -2.43. The highest BCUT2D eigenvalue weighted by Gasteiger charge is 2.45. The second kappa shape index (κ2) is 2.86. The van der Waals surface area contributed by atoms with E-state index in [-0.39, 0.29) is 5.70 Å². The second-order valence-electron chi connectivity index (χ2n) is 4.60. The van der Waals surface area contributed by atoms with Crippen LogP contribution in [0.1, 0.15) is 44.6 Å². The average molecular weight is 185 g/mol. The molecule has 0 spiro atoms. The quantitative estimate of drug-likeness (QED) is 0.617. The van der Waals surface area contributed by atoms with Gasteiger partial charge in [-0.05, 0) is 18.2 Å². The summed E-state index contributed by atoms with van der Waals surface area (Å²) < 4.78 is 31.4. The largest absolute Gasteiger partial charge is 0.330 e. The molecule has 2 nitrogen and oxygen atoms in total. The van der Waals surface area contributed by atoms with Gasteiger partial charge in [0.1, 0.15) is 0 Å². The number of allylic oxidation sites excluding steroid dienone is 1. The summed E-state index contributed by atoms with van der Waals surface area (Å²) in [6.07, 6.45) is -3.34. The standard InChI is InChI=1S/C11H19NO/c1-8-6-7-11(5,9(13)12-8)10(2,3)4/h1,6-7H2,2-5H3,(H,12,13)/i6D2,7D/hD. The Labute approximate surface area is 86.1 Å². The molecule has 0 radical (unpaired) electrons. The summed E-state index contributed by atoms with van der Waals surface area (Å²) in [4.78, 5) is 12.2. The summed E-state index contributed by atoms with van der Waals surface area (Å²) in [6, 6.07) is 0. The fraction of sp³-hybridized carbons (Fsp3) is 0.727. The van der Waals surface area contributed by atoms with E-state index in [2.05, 4.69) is 6.58 Å². The van der Waals surface area contributed by atoms with Gasteiger partial charge in [-0.3, -0.25) is 4.79 Å². The van der Waals surface area contributed by atoms with Gasteiger partial charge in [0, 0.05) is 9.81 Å². The Morgan fingerprint density at radius 3 is 2.69 bits per heavy atom. The molecule has 1 rings (SSSR count). The zero-order chi connectivity index (χ0) is 13.8. The van der Waals surface area contributed by atoms with Crippen LogP contribution in [0, 0.1) is 10.8 Å². The molecule has 0 bridgehead atoms. The number of piperidine rings is 1. The van der Waals surface area contributed by atoms with E-state index in [1.54, 1.807) is 27.7 Å². The Morgan fingerprint density at radius 2 is 2.23 bits per heavy atom. The number of rotatable bonds is 0. The molecule has 0 aliphatic carbocycles. The zero-order valence-electron chi connectivity index (χ0n) is 12.6. The number of carbonyl (C=O) groups is 1. The second-order valence-corrected chi connectivity index (χ2v) is 4.60. The number of amides is 1. The minimum atomic E-state index is -2.07. The first kappa shape index (κ1) is 5.84. The lowest BCUT2D eigenvalue weighted by molar-refractivity contribution is -0.137. The van der Waals surface area contributed by atoms with Crippen LogP contribution in [0.25, 0.3) is 0 Å². The molecule has 13 heavy (non-hydrogen) atoms.